The van der Waals surface area contributed by atoms with Crippen molar-refractivity contribution in [3.05, 3.63) is 53.6 Å². The first-order valence-electron chi connectivity index (χ1n) is 5.88. The molecule has 0 heterocycles. The zero-order valence-corrected chi connectivity index (χ0v) is 10.6. The zero-order chi connectivity index (χ0) is 13.8. The van der Waals surface area contributed by atoms with Crippen molar-refractivity contribution in [2.24, 2.45) is 0 Å². The third-order valence-electron chi connectivity index (χ3n) is 2.72. The first kappa shape index (κ1) is 13.1. The Labute approximate surface area is 111 Å². The second-order valence-electron chi connectivity index (χ2n) is 4.21. The fourth-order valence-corrected chi connectivity index (χ4v) is 1.77. The lowest BCUT2D eigenvalue weighted by Gasteiger charge is -2.09. The van der Waals surface area contributed by atoms with Crippen LogP contribution in [0.2, 0.25) is 0 Å². The Hall–Kier alpha value is -2.33. The second-order valence-corrected chi connectivity index (χ2v) is 4.21. The van der Waals surface area contributed by atoms with Crippen LogP contribution in [-0.4, -0.2) is 10.9 Å². The number of ether oxygens (including phenoxy) is 1. The highest BCUT2D eigenvalue weighted by molar-refractivity contribution is 5.99. The molecule has 0 amide bonds. The maximum absolute atomic E-state index is 11.3. The molecule has 19 heavy (non-hydrogen) atoms. The van der Waals surface area contributed by atoms with Gasteiger partial charge in [-0.15, -0.1) is 0 Å². The molecule has 2 aromatic carbocycles. The number of ketones is 1. The first-order valence-corrected chi connectivity index (χ1v) is 5.88. The van der Waals surface area contributed by atoms with Gasteiger partial charge in [0, 0.05) is 17.3 Å². The van der Waals surface area contributed by atoms with E-state index in [1.54, 1.807) is 42.5 Å². The molecule has 0 bridgehead atoms. The largest absolute Gasteiger partial charge is 0.457 e. The van der Waals surface area contributed by atoms with Crippen LogP contribution in [0, 0.1) is 0 Å². The molecular formula is C15H15NO3. The lowest BCUT2D eigenvalue weighted by atomic mass is 10.1. The summed E-state index contributed by atoms with van der Waals surface area (Å²) in [5.41, 5.74) is 7.44. The van der Waals surface area contributed by atoms with Crippen LogP contribution < -0.4 is 10.5 Å². The van der Waals surface area contributed by atoms with Crippen molar-refractivity contribution in [1.29, 1.82) is 0 Å². The molecule has 4 nitrogen and oxygen atoms in total. The van der Waals surface area contributed by atoms with E-state index in [0.29, 0.717) is 22.7 Å². The summed E-state index contributed by atoms with van der Waals surface area (Å²) < 4.78 is 5.63. The van der Waals surface area contributed by atoms with Crippen LogP contribution in [-0.2, 0) is 6.61 Å². The van der Waals surface area contributed by atoms with Crippen LogP contribution in [0.1, 0.15) is 22.8 Å². The van der Waals surface area contributed by atoms with Gasteiger partial charge in [0.2, 0.25) is 0 Å². The Kier molecular flexibility index (Phi) is 3.82. The molecular weight excluding hydrogens is 242 g/mol. The maximum atomic E-state index is 11.3. The van der Waals surface area contributed by atoms with Gasteiger partial charge in [0.1, 0.15) is 11.5 Å². The smallest absolute Gasteiger partial charge is 0.161 e. The average Bonchev–Trinajstić information content (AvgIpc) is 2.38. The summed E-state index contributed by atoms with van der Waals surface area (Å²) in [6, 6.07) is 12.1. The minimum Gasteiger partial charge on any atom is -0.457 e. The monoisotopic (exact) mass is 257 g/mol. The van der Waals surface area contributed by atoms with E-state index in [9.17, 15) is 4.79 Å². The number of Topliss-reactive ketones (excluding diaryl/α,β-unsaturated/α-hetero) is 1. The highest BCUT2D eigenvalue weighted by Gasteiger charge is 2.06. The number of carbonyl (C=O) groups is 1. The van der Waals surface area contributed by atoms with E-state index in [-0.39, 0.29) is 12.4 Å². The maximum Gasteiger partial charge on any atom is 0.161 e. The summed E-state index contributed by atoms with van der Waals surface area (Å²) in [7, 11) is 0. The minimum atomic E-state index is -0.0775. The molecule has 0 aliphatic heterocycles. The van der Waals surface area contributed by atoms with Crippen LogP contribution in [0.15, 0.2) is 42.5 Å². The van der Waals surface area contributed by atoms with Crippen LogP contribution in [0.5, 0.6) is 11.5 Å². The van der Waals surface area contributed by atoms with Gasteiger partial charge in [-0.2, -0.15) is 0 Å². The second kappa shape index (κ2) is 5.54. The van der Waals surface area contributed by atoms with Crippen LogP contribution >= 0.6 is 0 Å². The fraction of sp³-hybridized carbons (Fsp3) is 0.133. The number of hydrogen-bond acceptors (Lipinski definition) is 4. The summed E-state index contributed by atoms with van der Waals surface area (Å²) in [5, 5.41) is 9.06. The fourth-order valence-electron chi connectivity index (χ4n) is 1.77. The van der Waals surface area contributed by atoms with Crippen LogP contribution in [0.4, 0.5) is 5.69 Å². The van der Waals surface area contributed by atoms with Crippen molar-refractivity contribution in [3.8, 4) is 11.5 Å². The van der Waals surface area contributed by atoms with Crippen LogP contribution in [0.25, 0.3) is 0 Å². The van der Waals surface area contributed by atoms with Crippen molar-refractivity contribution in [2.45, 2.75) is 13.5 Å². The Morgan fingerprint density at radius 1 is 1.21 bits per heavy atom. The molecule has 0 spiro atoms. The van der Waals surface area contributed by atoms with Gasteiger partial charge in [-0.25, -0.2) is 0 Å². The molecule has 98 valence electrons. The van der Waals surface area contributed by atoms with E-state index in [4.69, 9.17) is 15.6 Å². The standard InChI is InChI=1S/C15H15NO3/c1-10(18)14-6-5-13(8-15(14)16)19-12-4-2-3-11(7-12)9-17/h2-8,17H,9,16H2,1H3. The normalized spacial score (nSPS) is 10.2. The summed E-state index contributed by atoms with van der Waals surface area (Å²) in [4.78, 5) is 11.3. The molecule has 0 atom stereocenters. The van der Waals surface area contributed by atoms with Gasteiger partial charge in [0.25, 0.3) is 0 Å². The Balaban J connectivity index is 2.23. The van der Waals surface area contributed by atoms with E-state index in [1.807, 2.05) is 0 Å². The quantitative estimate of drug-likeness (QED) is 0.652. The highest BCUT2D eigenvalue weighted by atomic mass is 16.5. The van der Waals surface area contributed by atoms with E-state index in [0.717, 1.165) is 5.56 Å². The summed E-state index contributed by atoms with van der Waals surface area (Å²) in [5.74, 6) is 1.09. The predicted molar refractivity (Wildman–Crippen MR) is 73.3 cm³/mol. The predicted octanol–water partition coefficient (Wildman–Crippen LogP) is 2.76. The number of carbonyl (C=O) groups excluding carboxylic acids is 1. The molecule has 2 aromatic rings. The van der Waals surface area contributed by atoms with Crippen molar-refractivity contribution in [2.75, 3.05) is 5.73 Å². The minimum absolute atomic E-state index is 0.0391. The third kappa shape index (κ3) is 3.11. The molecule has 0 fully saturated rings. The highest BCUT2D eigenvalue weighted by Crippen LogP contribution is 2.26. The molecule has 4 heteroatoms. The molecule has 0 saturated carbocycles. The van der Waals surface area contributed by atoms with E-state index < -0.39 is 0 Å². The SMILES string of the molecule is CC(=O)c1ccc(Oc2cccc(CO)c2)cc1N. The van der Waals surface area contributed by atoms with E-state index >= 15 is 0 Å². The number of rotatable bonds is 4. The number of hydrogen-bond donors (Lipinski definition) is 2. The number of anilines is 1. The molecule has 0 unspecified atom stereocenters. The number of benzene rings is 2. The molecule has 0 aliphatic carbocycles. The molecule has 0 saturated heterocycles. The van der Waals surface area contributed by atoms with Crippen molar-refractivity contribution in [1.82, 2.24) is 0 Å². The molecule has 3 N–H and O–H groups in total. The van der Waals surface area contributed by atoms with Crippen LogP contribution in [0.3, 0.4) is 0 Å². The molecule has 2 rings (SSSR count). The van der Waals surface area contributed by atoms with Gasteiger partial charge in [-0.05, 0) is 36.8 Å². The Morgan fingerprint density at radius 2 is 1.95 bits per heavy atom. The number of aliphatic hydroxyl groups excluding tert-OH is 1. The topological polar surface area (TPSA) is 72.5 Å². The summed E-state index contributed by atoms with van der Waals surface area (Å²) in [6.07, 6.45) is 0. The van der Waals surface area contributed by atoms with Gasteiger partial charge in [-0.3, -0.25) is 4.79 Å². The van der Waals surface area contributed by atoms with Crippen molar-refractivity contribution < 1.29 is 14.6 Å². The Bertz CT molecular complexity index is 608. The number of aliphatic hydroxyl groups is 1. The lowest BCUT2D eigenvalue weighted by Crippen LogP contribution is -1.99. The van der Waals surface area contributed by atoms with Gasteiger partial charge in [0.05, 0.1) is 6.61 Å². The Morgan fingerprint density at radius 3 is 2.58 bits per heavy atom. The molecule has 0 radical (unpaired) electrons. The molecule has 0 aromatic heterocycles. The van der Waals surface area contributed by atoms with Crippen molar-refractivity contribution in [3.63, 3.8) is 0 Å². The third-order valence-corrected chi connectivity index (χ3v) is 2.72. The number of nitrogens with two attached hydrogens (primary N) is 1. The van der Waals surface area contributed by atoms with E-state index in [1.165, 1.54) is 6.92 Å². The number of nitrogen functional groups attached to an aromatic ring is 1. The lowest BCUT2D eigenvalue weighted by molar-refractivity contribution is 0.101. The summed E-state index contributed by atoms with van der Waals surface area (Å²) in [6.45, 7) is 1.43. The first-order chi connectivity index (χ1) is 9.10. The van der Waals surface area contributed by atoms with Gasteiger partial charge >= 0.3 is 0 Å². The van der Waals surface area contributed by atoms with Gasteiger partial charge in [-0.1, -0.05) is 12.1 Å². The zero-order valence-electron chi connectivity index (χ0n) is 10.6. The average molecular weight is 257 g/mol. The summed E-state index contributed by atoms with van der Waals surface area (Å²) >= 11 is 0. The van der Waals surface area contributed by atoms with Gasteiger partial charge < -0.3 is 15.6 Å². The van der Waals surface area contributed by atoms with Gasteiger partial charge in [0.15, 0.2) is 5.78 Å². The van der Waals surface area contributed by atoms with Crippen molar-refractivity contribution >= 4 is 11.5 Å². The van der Waals surface area contributed by atoms with E-state index in [2.05, 4.69) is 0 Å². The molecule has 0 aliphatic rings.